The minimum atomic E-state index is -3.65. The van der Waals surface area contributed by atoms with Crippen LogP contribution in [0.3, 0.4) is 0 Å². The molecule has 0 unspecified atom stereocenters. The highest BCUT2D eigenvalue weighted by Crippen LogP contribution is 2.44. The van der Waals surface area contributed by atoms with Gasteiger partial charge in [-0.15, -0.1) is 0 Å². The molecule has 0 amide bonds. The van der Waals surface area contributed by atoms with Crippen molar-refractivity contribution in [1.82, 2.24) is 0 Å². The van der Waals surface area contributed by atoms with Gasteiger partial charge < -0.3 is 9.47 Å². The fourth-order valence-corrected chi connectivity index (χ4v) is 4.00. The van der Waals surface area contributed by atoms with Gasteiger partial charge in [0.1, 0.15) is 0 Å². The van der Waals surface area contributed by atoms with E-state index in [0.717, 1.165) is 12.0 Å². The van der Waals surface area contributed by atoms with E-state index in [9.17, 15) is 8.42 Å². The van der Waals surface area contributed by atoms with Crippen molar-refractivity contribution in [3.63, 3.8) is 0 Å². The molecule has 1 aromatic carbocycles. The maximum Gasteiger partial charge on any atom is 0.236 e. The van der Waals surface area contributed by atoms with Crippen LogP contribution in [0.4, 0.5) is 0 Å². The summed E-state index contributed by atoms with van der Waals surface area (Å²) in [4.78, 5) is 0. The Hall–Kier alpha value is -0.460. The zero-order chi connectivity index (χ0) is 14.9. The second-order valence-corrected chi connectivity index (χ2v) is 8.60. The van der Waals surface area contributed by atoms with Gasteiger partial charge in [-0.05, 0) is 17.5 Å². The zero-order valence-electron chi connectivity index (χ0n) is 11.3. The first-order valence-corrected chi connectivity index (χ1v) is 9.60. The van der Waals surface area contributed by atoms with Crippen LogP contribution in [0.1, 0.15) is 37.3 Å². The predicted molar refractivity (Wildman–Crippen MR) is 82.3 cm³/mol. The van der Waals surface area contributed by atoms with Gasteiger partial charge in [-0.1, -0.05) is 29.8 Å². The normalized spacial score (nSPS) is 15.2. The van der Waals surface area contributed by atoms with E-state index in [0.29, 0.717) is 34.7 Å². The molecule has 7 heteroatoms. The Morgan fingerprint density at radius 2 is 2.00 bits per heavy atom. The van der Waals surface area contributed by atoms with Crippen LogP contribution in [-0.2, 0) is 14.8 Å². The molecule has 1 aliphatic heterocycles. The third-order valence-corrected chi connectivity index (χ3v) is 4.69. The third-order valence-electron chi connectivity index (χ3n) is 3.03. The Morgan fingerprint density at radius 3 is 2.60 bits per heavy atom. The number of fused-ring (bicyclic) bond motifs is 1. The molecule has 2 rings (SSSR count). The van der Waals surface area contributed by atoms with Crippen molar-refractivity contribution in [3.05, 3.63) is 21.7 Å². The quantitative estimate of drug-likeness (QED) is 0.745. The van der Waals surface area contributed by atoms with Crippen LogP contribution in [0.2, 0.25) is 0 Å². The highest BCUT2D eigenvalue weighted by Gasteiger charge is 2.25. The molecule has 0 aliphatic carbocycles. The molecule has 0 radical (unpaired) electrons. The summed E-state index contributed by atoms with van der Waals surface area (Å²) < 4.78 is 35.0. The lowest BCUT2D eigenvalue weighted by Crippen LogP contribution is -2.07. The van der Waals surface area contributed by atoms with E-state index in [-0.39, 0.29) is 11.7 Å². The summed E-state index contributed by atoms with van der Waals surface area (Å²) in [6, 6.07) is 1.75. The van der Waals surface area contributed by atoms with E-state index in [1.54, 1.807) is 6.07 Å². The number of hydrogen-bond acceptors (Lipinski definition) is 4. The SMILES string of the molecule is CC(C)c1c(CS(=O)(=O)Cl)c(Br)cc2c1OCCCO2. The van der Waals surface area contributed by atoms with Crippen LogP contribution in [0.5, 0.6) is 11.5 Å². The first-order chi connectivity index (χ1) is 9.29. The second-order valence-electron chi connectivity index (χ2n) is 4.97. The first-order valence-electron chi connectivity index (χ1n) is 6.33. The maximum absolute atomic E-state index is 11.4. The molecule has 0 N–H and O–H groups in total. The second kappa shape index (κ2) is 6.12. The van der Waals surface area contributed by atoms with Gasteiger partial charge in [0.15, 0.2) is 11.5 Å². The maximum atomic E-state index is 11.4. The Balaban J connectivity index is 2.64. The molecule has 1 aliphatic rings. The summed E-state index contributed by atoms with van der Waals surface area (Å²) in [6.07, 6.45) is 0.799. The van der Waals surface area contributed by atoms with Crippen LogP contribution in [0.25, 0.3) is 0 Å². The Morgan fingerprint density at radius 1 is 1.35 bits per heavy atom. The molecule has 0 aromatic heterocycles. The van der Waals surface area contributed by atoms with Crippen molar-refractivity contribution in [2.75, 3.05) is 13.2 Å². The van der Waals surface area contributed by atoms with Gasteiger partial charge in [0.2, 0.25) is 9.05 Å². The van der Waals surface area contributed by atoms with E-state index in [4.69, 9.17) is 20.2 Å². The van der Waals surface area contributed by atoms with Crippen LogP contribution in [0.15, 0.2) is 10.5 Å². The highest BCUT2D eigenvalue weighted by atomic mass is 79.9. The molecule has 1 heterocycles. The van der Waals surface area contributed by atoms with Gasteiger partial charge in [0.25, 0.3) is 0 Å². The van der Waals surface area contributed by atoms with E-state index in [2.05, 4.69) is 15.9 Å². The molecule has 0 saturated carbocycles. The molecule has 20 heavy (non-hydrogen) atoms. The fourth-order valence-electron chi connectivity index (χ4n) is 2.27. The van der Waals surface area contributed by atoms with E-state index in [1.165, 1.54) is 0 Å². The lowest BCUT2D eigenvalue weighted by Gasteiger charge is -2.20. The van der Waals surface area contributed by atoms with Gasteiger partial charge in [-0.25, -0.2) is 8.42 Å². The van der Waals surface area contributed by atoms with E-state index < -0.39 is 9.05 Å². The molecule has 0 atom stereocenters. The molecule has 0 saturated heterocycles. The first kappa shape index (κ1) is 15.9. The summed E-state index contributed by atoms with van der Waals surface area (Å²) in [6.45, 7) is 5.12. The minimum Gasteiger partial charge on any atom is -0.490 e. The number of hydrogen-bond donors (Lipinski definition) is 0. The molecule has 0 fully saturated rings. The summed E-state index contributed by atoms with van der Waals surface area (Å²) in [5, 5.41) is 0. The van der Waals surface area contributed by atoms with Crippen molar-refractivity contribution in [1.29, 1.82) is 0 Å². The highest BCUT2D eigenvalue weighted by molar-refractivity contribution is 9.10. The number of rotatable bonds is 3. The number of halogens is 2. The molecule has 0 bridgehead atoms. The average molecular weight is 384 g/mol. The van der Waals surface area contributed by atoms with E-state index in [1.807, 2.05) is 13.8 Å². The summed E-state index contributed by atoms with van der Waals surface area (Å²) in [7, 11) is 1.77. The van der Waals surface area contributed by atoms with Crippen LogP contribution < -0.4 is 9.47 Å². The Kier molecular flexibility index (Phi) is 4.87. The predicted octanol–water partition coefficient (Wildman–Crippen LogP) is 3.80. The molecule has 112 valence electrons. The van der Waals surface area contributed by atoms with Gasteiger partial charge in [-0.3, -0.25) is 0 Å². The molecule has 0 spiro atoms. The summed E-state index contributed by atoms with van der Waals surface area (Å²) in [5.41, 5.74) is 1.47. The topological polar surface area (TPSA) is 52.6 Å². The molecule has 4 nitrogen and oxygen atoms in total. The fraction of sp³-hybridized carbons (Fsp3) is 0.538. The zero-order valence-corrected chi connectivity index (χ0v) is 14.4. The summed E-state index contributed by atoms with van der Waals surface area (Å²) >= 11 is 3.41. The minimum absolute atomic E-state index is 0.0939. The average Bonchev–Trinajstić information content (AvgIpc) is 2.52. The lowest BCUT2D eigenvalue weighted by atomic mass is 9.96. The molecular weight excluding hydrogens is 368 g/mol. The number of benzene rings is 1. The number of ether oxygens (including phenoxy) is 2. The standard InChI is InChI=1S/C13H16BrClO4S/c1-8(2)12-9(7-20(15,16)17)10(14)6-11-13(12)19-5-3-4-18-11/h6,8H,3-5,7H2,1-2H3. The van der Waals surface area contributed by atoms with Gasteiger partial charge in [-0.2, -0.15) is 0 Å². The Labute approximate surface area is 132 Å². The molecule has 1 aromatic rings. The van der Waals surface area contributed by atoms with Gasteiger partial charge in [0.05, 0.1) is 19.0 Å². The largest absolute Gasteiger partial charge is 0.490 e. The van der Waals surface area contributed by atoms with Crippen LogP contribution >= 0.6 is 26.6 Å². The van der Waals surface area contributed by atoms with Crippen molar-refractivity contribution >= 4 is 35.7 Å². The van der Waals surface area contributed by atoms with E-state index >= 15 is 0 Å². The molecular formula is C13H16BrClO4S. The van der Waals surface area contributed by atoms with Crippen molar-refractivity contribution in [2.45, 2.75) is 31.9 Å². The Bertz CT molecular complexity index is 613. The monoisotopic (exact) mass is 382 g/mol. The smallest absolute Gasteiger partial charge is 0.236 e. The van der Waals surface area contributed by atoms with Crippen molar-refractivity contribution in [2.24, 2.45) is 0 Å². The summed E-state index contributed by atoms with van der Waals surface area (Å²) in [5.74, 6) is 1.14. The third kappa shape index (κ3) is 3.59. The van der Waals surface area contributed by atoms with Crippen LogP contribution in [0, 0.1) is 0 Å². The lowest BCUT2D eigenvalue weighted by molar-refractivity contribution is 0.295. The van der Waals surface area contributed by atoms with Crippen molar-refractivity contribution < 1.29 is 17.9 Å². The van der Waals surface area contributed by atoms with Gasteiger partial charge >= 0.3 is 0 Å². The van der Waals surface area contributed by atoms with Crippen molar-refractivity contribution in [3.8, 4) is 11.5 Å². The van der Waals surface area contributed by atoms with Gasteiger partial charge in [0, 0.05) is 27.1 Å². The van der Waals surface area contributed by atoms with Crippen LogP contribution in [-0.4, -0.2) is 21.6 Å².